The number of nitrogens with one attached hydrogen (secondary N) is 3. The maximum Gasteiger partial charge on any atom is 0.257 e. The van der Waals surface area contributed by atoms with Gasteiger partial charge in [0.25, 0.3) is 5.91 Å². The third-order valence-corrected chi connectivity index (χ3v) is 4.31. The number of hydrogen-bond acceptors (Lipinski definition) is 4. The Hall–Kier alpha value is -3.67. The quantitative estimate of drug-likeness (QED) is 0.545. The maximum absolute atomic E-state index is 12.5. The van der Waals surface area contributed by atoms with Gasteiger partial charge in [-0.3, -0.25) is 9.59 Å². The van der Waals surface area contributed by atoms with Crippen molar-refractivity contribution in [3.8, 4) is 0 Å². The monoisotopic (exact) mass is 388 g/mol. The van der Waals surface area contributed by atoms with Gasteiger partial charge in [-0.1, -0.05) is 38.1 Å². The Morgan fingerprint density at radius 1 is 0.897 bits per heavy atom. The average molecular weight is 388 g/mol. The number of hydrogen-bond donors (Lipinski definition) is 3. The van der Waals surface area contributed by atoms with E-state index in [4.69, 9.17) is 0 Å². The van der Waals surface area contributed by atoms with Crippen LogP contribution >= 0.6 is 0 Å². The second-order valence-corrected chi connectivity index (χ2v) is 7.02. The highest BCUT2D eigenvalue weighted by Gasteiger charge is 2.09. The first-order chi connectivity index (χ1) is 13.9. The fourth-order valence-electron chi connectivity index (χ4n) is 2.94. The van der Waals surface area contributed by atoms with Crippen molar-refractivity contribution in [3.63, 3.8) is 0 Å². The van der Waals surface area contributed by atoms with E-state index in [1.807, 2.05) is 18.2 Å². The molecule has 0 spiro atoms. The number of carbonyl (C=O) groups excluding carboxylic acids is 2. The second-order valence-electron chi connectivity index (χ2n) is 7.02. The number of amides is 2. The Morgan fingerprint density at radius 3 is 2.28 bits per heavy atom. The van der Waals surface area contributed by atoms with Crippen LogP contribution in [0.4, 0.5) is 22.9 Å². The highest BCUT2D eigenvalue weighted by molar-refractivity contribution is 6.04. The zero-order chi connectivity index (χ0) is 20.8. The molecule has 2 amide bonds. The largest absolute Gasteiger partial charge is 0.340 e. The molecule has 0 aliphatic rings. The van der Waals surface area contributed by atoms with Crippen LogP contribution in [0.1, 0.15) is 42.6 Å². The van der Waals surface area contributed by atoms with Crippen LogP contribution in [-0.2, 0) is 4.79 Å². The van der Waals surface area contributed by atoms with Crippen molar-refractivity contribution in [1.29, 1.82) is 0 Å². The van der Waals surface area contributed by atoms with E-state index in [9.17, 15) is 9.59 Å². The molecule has 0 saturated heterocycles. The van der Waals surface area contributed by atoms with Crippen molar-refractivity contribution in [2.45, 2.75) is 26.7 Å². The van der Waals surface area contributed by atoms with Crippen molar-refractivity contribution in [2.24, 2.45) is 0 Å². The molecule has 0 saturated carbocycles. The van der Waals surface area contributed by atoms with Gasteiger partial charge in [0.2, 0.25) is 5.91 Å². The highest BCUT2D eigenvalue weighted by atomic mass is 16.2. The molecule has 0 radical (unpaired) electrons. The molecule has 29 heavy (non-hydrogen) atoms. The number of rotatable bonds is 6. The smallest absolute Gasteiger partial charge is 0.257 e. The molecule has 6 nitrogen and oxygen atoms in total. The second kappa shape index (κ2) is 9.01. The van der Waals surface area contributed by atoms with Gasteiger partial charge >= 0.3 is 0 Å². The third kappa shape index (κ3) is 5.42. The molecule has 3 rings (SSSR count). The standard InChI is InChI=1S/C23H24N4O2/c1-15(2)20-9-4-5-10-21(20)27-22-12-11-17(14-24-22)23(29)26-19-8-6-7-18(13-19)25-16(3)28/h4-15H,1-3H3,(H,24,27)(H,25,28)(H,26,29). The van der Waals surface area contributed by atoms with Gasteiger partial charge in [0.15, 0.2) is 0 Å². The summed E-state index contributed by atoms with van der Waals surface area (Å²) in [6.45, 7) is 5.72. The Bertz CT molecular complexity index is 1010. The van der Waals surface area contributed by atoms with Crippen LogP contribution in [0, 0.1) is 0 Å². The fraction of sp³-hybridized carbons (Fsp3) is 0.174. The van der Waals surface area contributed by atoms with Gasteiger partial charge in [-0.15, -0.1) is 0 Å². The van der Waals surface area contributed by atoms with E-state index >= 15 is 0 Å². The van der Waals surface area contributed by atoms with Gasteiger partial charge < -0.3 is 16.0 Å². The van der Waals surface area contributed by atoms with E-state index in [1.165, 1.54) is 18.7 Å². The molecule has 0 bridgehead atoms. The summed E-state index contributed by atoms with van der Waals surface area (Å²) < 4.78 is 0. The van der Waals surface area contributed by atoms with Gasteiger partial charge in [-0.2, -0.15) is 0 Å². The lowest BCUT2D eigenvalue weighted by atomic mass is 10.0. The molecule has 0 aliphatic carbocycles. The van der Waals surface area contributed by atoms with Crippen LogP contribution in [0.15, 0.2) is 66.9 Å². The van der Waals surface area contributed by atoms with Crippen LogP contribution in [-0.4, -0.2) is 16.8 Å². The molecule has 2 aromatic carbocycles. The summed E-state index contributed by atoms with van der Waals surface area (Å²) in [7, 11) is 0. The van der Waals surface area contributed by atoms with Crippen LogP contribution in [0.3, 0.4) is 0 Å². The molecule has 0 aliphatic heterocycles. The summed E-state index contributed by atoms with van der Waals surface area (Å²) in [5, 5.41) is 8.82. The van der Waals surface area contributed by atoms with Crippen LogP contribution in [0.2, 0.25) is 0 Å². The minimum absolute atomic E-state index is 0.167. The van der Waals surface area contributed by atoms with Crippen LogP contribution in [0.25, 0.3) is 0 Å². The average Bonchev–Trinajstić information content (AvgIpc) is 2.68. The van der Waals surface area contributed by atoms with Crippen LogP contribution in [0.5, 0.6) is 0 Å². The molecular weight excluding hydrogens is 364 g/mol. The van der Waals surface area contributed by atoms with E-state index in [0.717, 1.165) is 5.69 Å². The molecule has 6 heteroatoms. The molecule has 3 aromatic rings. The zero-order valence-electron chi connectivity index (χ0n) is 16.7. The van der Waals surface area contributed by atoms with E-state index in [-0.39, 0.29) is 11.8 Å². The van der Waals surface area contributed by atoms with Crippen molar-refractivity contribution in [2.75, 3.05) is 16.0 Å². The Kier molecular flexibility index (Phi) is 6.24. The van der Waals surface area contributed by atoms with Crippen molar-refractivity contribution >= 4 is 34.7 Å². The van der Waals surface area contributed by atoms with Gasteiger partial charge in [-0.25, -0.2) is 4.98 Å². The Balaban J connectivity index is 1.69. The van der Waals surface area contributed by atoms with E-state index in [2.05, 4.69) is 40.8 Å². The summed E-state index contributed by atoms with van der Waals surface area (Å²) in [6, 6.07) is 18.6. The number of carbonyl (C=O) groups is 2. The Labute approximate surface area is 170 Å². The summed E-state index contributed by atoms with van der Waals surface area (Å²) in [5.74, 6) is 0.616. The summed E-state index contributed by atoms with van der Waals surface area (Å²) in [4.78, 5) is 28.0. The molecular formula is C23H24N4O2. The zero-order valence-corrected chi connectivity index (χ0v) is 16.7. The molecule has 3 N–H and O–H groups in total. The SMILES string of the molecule is CC(=O)Nc1cccc(NC(=O)c2ccc(Nc3ccccc3C(C)C)nc2)c1. The lowest BCUT2D eigenvalue weighted by Crippen LogP contribution is -2.13. The summed E-state index contributed by atoms with van der Waals surface area (Å²) in [5.41, 5.74) is 3.86. The van der Waals surface area contributed by atoms with E-state index in [1.54, 1.807) is 36.4 Å². The minimum atomic E-state index is -0.272. The number of nitrogens with zero attached hydrogens (tertiary/aromatic N) is 1. The van der Waals surface area contributed by atoms with Crippen LogP contribution < -0.4 is 16.0 Å². The molecule has 148 valence electrons. The lowest BCUT2D eigenvalue weighted by molar-refractivity contribution is -0.114. The van der Waals surface area contributed by atoms with Crippen molar-refractivity contribution < 1.29 is 9.59 Å². The summed E-state index contributed by atoms with van der Waals surface area (Å²) in [6.07, 6.45) is 1.54. The number of aromatic nitrogens is 1. The molecule has 1 heterocycles. The first kappa shape index (κ1) is 20.1. The lowest BCUT2D eigenvalue weighted by Gasteiger charge is -2.14. The van der Waals surface area contributed by atoms with Crippen molar-refractivity contribution in [3.05, 3.63) is 78.0 Å². The molecule has 1 aromatic heterocycles. The van der Waals surface area contributed by atoms with E-state index in [0.29, 0.717) is 28.7 Å². The third-order valence-electron chi connectivity index (χ3n) is 4.31. The molecule has 0 atom stereocenters. The topological polar surface area (TPSA) is 83.1 Å². The number of anilines is 4. The molecule has 0 unspecified atom stereocenters. The predicted molar refractivity (Wildman–Crippen MR) is 117 cm³/mol. The predicted octanol–water partition coefficient (Wildman–Crippen LogP) is 5.16. The van der Waals surface area contributed by atoms with Gasteiger partial charge in [0, 0.05) is 30.2 Å². The van der Waals surface area contributed by atoms with E-state index < -0.39 is 0 Å². The summed E-state index contributed by atoms with van der Waals surface area (Å²) >= 11 is 0. The highest BCUT2D eigenvalue weighted by Crippen LogP contribution is 2.26. The fourth-order valence-corrected chi connectivity index (χ4v) is 2.94. The number of pyridine rings is 1. The van der Waals surface area contributed by atoms with Gasteiger partial charge in [0.05, 0.1) is 5.56 Å². The number of para-hydroxylation sites is 1. The first-order valence-corrected chi connectivity index (χ1v) is 9.43. The Morgan fingerprint density at radius 2 is 1.62 bits per heavy atom. The van der Waals surface area contributed by atoms with Crippen molar-refractivity contribution in [1.82, 2.24) is 4.98 Å². The normalized spacial score (nSPS) is 10.5. The first-order valence-electron chi connectivity index (χ1n) is 9.43. The maximum atomic E-state index is 12.5. The minimum Gasteiger partial charge on any atom is -0.340 e. The van der Waals surface area contributed by atoms with Gasteiger partial charge in [0.1, 0.15) is 5.82 Å². The molecule has 0 fully saturated rings. The van der Waals surface area contributed by atoms with Gasteiger partial charge in [-0.05, 0) is 47.9 Å². The number of benzene rings is 2.